The molecule has 1 aliphatic rings. The van der Waals surface area contributed by atoms with E-state index in [0.29, 0.717) is 19.5 Å². The molecule has 1 aliphatic heterocycles. The number of aliphatic carboxylic acids is 1. The average molecular weight is 314 g/mol. The summed E-state index contributed by atoms with van der Waals surface area (Å²) >= 11 is 3.41. The van der Waals surface area contributed by atoms with Crippen molar-refractivity contribution in [1.82, 2.24) is 0 Å². The Morgan fingerprint density at radius 2 is 2.28 bits per heavy atom. The predicted octanol–water partition coefficient (Wildman–Crippen LogP) is 2.17. The molecule has 1 heterocycles. The van der Waals surface area contributed by atoms with E-state index in [2.05, 4.69) is 15.9 Å². The van der Waals surface area contributed by atoms with Gasteiger partial charge in [0.2, 0.25) is 0 Å². The SMILES string of the molecule is Cc1cc(Br)ccc1N1CCC(O)(CC(=O)O)C1. The molecule has 4 nitrogen and oxygen atoms in total. The van der Waals surface area contributed by atoms with Crippen LogP contribution in [0.1, 0.15) is 18.4 Å². The number of aryl methyl sites for hydroxylation is 1. The summed E-state index contributed by atoms with van der Waals surface area (Å²) in [6.07, 6.45) is 0.299. The van der Waals surface area contributed by atoms with Gasteiger partial charge < -0.3 is 15.1 Å². The van der Waals surface area contributed by atoms with Crippen molar-refractivity contribution in [3.05, 3.63) is 28.2 Å². The molecule has 18 heavy (non-hydrogen) atoms. The molecule has 0 amide bonds. The Labute approximate surface area is 114 Å². The maximum atomic E-state index is 10.7. The molecular formula is C13H16BrNO3. The third-order valence-electron chi connectivity index (χ3n) is 3.31. The number of hydrogen-bond acceptors (Lipinski definition) is 3. The summed E-state index contributed by atoms with van der Waals surface area (Å²) in [6.45, 7) is 3.07. The first-order valence-corrected chi connectivity index (χ1v) is 6.64. The number of anilines is 1. The van der Waals surface area contributed by atoms with Crippen LogP contribution in [0.15, 0.2) is 22.7 Å². The van der Waals surface area contributed by atoms with E-state index in [4.69, 9.17) is 5.11 Å². The van der Waals surface area contributed by atoms with Crippen LogP contribution in [0.2, 0.25) is 0 Å². The highest BCUT2D eigenvalue weighted by molar-refractivity contribution is 9.10. The summed E-state index contributed by atoms with van der Waals surface area (Å²) in [4.78, 5) is 12.8. The Hall–Kier alpha value is -1.07. The Bertz CT molecular complexity index is 477. The monoisotopic (exact) mass is 313 g/mol. The van der Waals surface area contributed by atoms with Crippen LogP contribution in [0.25, 0.3) is 0 Å². The predicted molar refractivity (Wildman–Crippen MR) is 72.9 cm³/mol. The van der Waals surface area contributed by atoms with Crippen molar-refractivity contribution in [2.24, 2.45) is 0 Å². The van der Waals surface area contributed by atoms with Crippen molar-refractivity contribution >= 4 is 27.6 Å². The van der Waals surface area contributed by atoms with E-state index in [1.807, 2.05) is 30.0 Å². The second-order valence-electron chi connectivity index (χ2n) is 4.90. The average Bonchev–Trinajstić information content (AvgIpc) is 2.59. The maximum Gasteiger partial charge on any atom is 0.306 e. The number of benzene rings is 1. The zero-order chi connectivity index (χ0) is 13.3. The number of carboxylic acid groups (broad SMARTS) is 1. The van der Waals surface area contributed by atoms with Gasteiger partial charge in [0.25, 0.3) is 0 Å². The van der Waals surface area contributed by atoms with Gasteiger partial charge in [-0.15, -0.1) is 0 Å². The van der Waals surface area contributed by atoms with Crippen molar-refractivity contribution in [2.75, 3.05) is 18.0 Å². The fourth-order valence-corrected chi connectivity index (χ4v) is 2.94. The molecule has 0 spiro atoms. The van der Waals surface area contributed by atoms with Gasteiger partial charge in [-0.1, -0.05) is 15.9 Å². The fourth-order valence-electron chi connectivity index (χ4n) is 2.46. The molecule has 0 radical (unpaired) electrons. The lowest BCUT2D eigenvalue weighted by Crippen LogP contribution is -2.35. The normalized spacial score (nSPS) is 23.4. The lowest BCUT2D eigenvalue weighted by atomic mass is 9.99. The minimum Gasteiger partial charge on any atom is -0.481 e. The van der Waals surface area contributed by atoms with E-state index >= 15 is 0 Å². The molecule has 0 aromatic heterocycles. The molecular weight excluding hydrogens is 298 g/mol. The van der Waals surface area contributed by atoms with E-state index in [0.717, 1.165) is 15.7 Å². The summed E-state index contributed by atoms with van der Waals surface area (Å²) in [5.74, 6) is -0.952. The van der Waals surface area contributed by atoms with E-state index in [9.17, 15) is 9.90 Å². The highest BCUT2D eigenvalue weighted by atomic mass is 79.9. The van der Waals surface area contributed by atoms with Crippen molar-refractivity contribution in [3.63, 3.8) is 0 Å². The highest BCUT2D eigenvalue weighted by Gasteiger charge is 2.38. The van der Waals surface area contributed by atoms with E-state index in [1.165, 1.54) is 0 Å². The van der Waals surface area contributed by atoms with Crippen LogP contribution < -0.4 is 4.90 Å². The van der Waals surface area contributed by atoms with Crippen LogP contribution in [0, 0.1) is 6.92 Å². The Morgan fingerprint density at radius 3 is 2.89 bits per heavy atom. The first-order chi connectivity index (χ1) is 8.39. The van der Waals surface area contributed by atoms with Crippen LogP contribution >= 0.6 is 15.9 Å². The van der Waals surface area contributed by atoms with Gasteiger partial charge in [0.05, 0.1) is 12.0 Å². The molecule has 1 saturated heterocycles. The molecule has 0 saturated carbocycles. The van der Waals surface area contributed by atoms with Crippen molar-refractivity contribution in [3.8, 4) is 0 Å². The Morgan fingerprint density at radius 1 is 1.56 bits per heavy atom. The minimum atomic E-state index is -1.11. The Kier molecular flexibility index (Phi) is 3.64. The number of carbonyl (C=O) groups is 1. The molecule has 2 rings (SSSR count). The number of aliphatic hydroxyl groups is 1. The highest BCUT2D eigenvalue weighted by Crippen LogP contribution is 2.32. The minimum absolute atomic E-state index is 0.195. The van der Waals surface area contributed by atoms with E-state index in [1.54, 1.807) is 0 Å². The zero-order valence-corrected chi connectivity index (χ0v) is 11.8. The topological polar surface area (TPSA) is 60.8 Å². The summed E-state index contributed by atoms with van der Waals surface area (Å²) in [6, 6.07) is 5.97. The van der Waals surface area contributed by atoms with Crippen molar-refractivity contribution in [2.45, 2.75) is 25.4 Å². The summed E-state index contributed by atoms with van der Waals surface area (Å²) < 4.78 is 1.02. The number of β-amino-alcohol motifs (C(OH)–C–C–N with tert-alkyl or cyclic N) is 1. The van der Waals surface area contributed by atoms with E-state index < -0.39 is 11.6 Å². The lowest BCUT2D eigenvalue weighted by Gasteiger charge is -2.24. The van der Waals surface area contributed by atoms with Crippen LogP contribution in [0.3, 0.4) is 0 Å². The molecule has 2 N–H and O–H groups in total. The van der Waals surface area contributed by atoms with Gasteiger partial charge in [-0.05, 0) is 37.1 Å². The number of rotatable bonds is 3. The third kappa shape index (κ3) is 2.84. The zero-order valence-electron chi connectivity index (χ0n) is 10.2. The third-order valence-corrected chi connectivity index (χ3v) is 3.81. The van der Waals surface area contributed by atoms with Gasteiger partial charge in [-0.25, -0.2) is 0 Å². The van der Waals surface area contributed by atoms with Gasteiger partial charge in [-0.2, -0.15) is 0 Å². The van der Waals surface area contributed by atoms with Gasteiger partial charge in [-0.3, -0.25) is 4.79 Å². The first kappa shape index (κ1) is 13.4. The van der Waals surface area contributed by atoms with Crippen LogP contribution in [-0.4, -0.2) is 34.9 Å². The summed E-state index contributed by atoms with van der Waals surface area (Å²) in [5, 5.41) is 19.0. The largest absolute Gasteiger partial charge is 0.481 e. The molecule has 1 aromatic carbocycles. The molecule has 5 heteroatoms. The van der Waals surface area contributed by atoms with Gasteiger partial charge in [0.1, 0.15) is 0 Å². The molecule has 1 unspecified atom stereocenters. The molecule has 1 fully saturated rings. The summed E-state index contributed by atoms with van der Waals surface area (Å²) in [7, 11) is 0. The van der Waals surface area contributed by atoms with Gasteiger partial charge >= 0.3 is 5.97 Å². The van der Waals surface area contributed by atoms with E-state index in [-0.39, 0.29) is 6.42 Å². The quantitative estimate of drug-likeness (QED) is 0.898. The second-order valence-corrected chi connectivity index (χ2v) is 5.81. The summed E-state index contributed by atoms with van der Waals surface area (Å²) in [5.41, 5.74) is 1.06. The number of carboxylic acids is 1. The smallest absolute Gasteiger partial charge is 0.306 e. The van der Waals surface area contributed by atoms with Gasteiger partial charge in [0.15, 0.2) is 0 Å². The number of nitrogens with zero attached hydrogens (tertiary/aromatic N) is 1. The lowest BCUT2D eigenvalue weighted by molar-refractivity contribution is -0.141. The molecule has 1 aromatic rings. The van der Waals surface area contributed by atoms with Crippen molar-refractivity contribution in [1.29, 1.82) is 0 Å². The van der Waals surface area contributed by atoms with Crippen LogP contribution in [0.5, 0.6) is 0 Å². The fraction of sp³-hybridized carbons (Fsp3) is 0.462. The van der Waals surface area contributed by atoms with Crippen molar-refractivity contribution < 1.29 is 15.0 Å². The first-order valence-electron chi connectivity index (χ1n) is 5.85. The molecule has 98 valence electrons. The Balaban J connectivity index is 2.15. The maximum absolute atomic E-state index is 10.7. The standard InChI is InChI=1S/C13H16BrNO3/c1-9-6-10(14)2-3-11(9)15-5-4-13(18,8-15)7-12(16)17/h2-3,6,18H,4-5,7-8H2,1H3,(H,16,17). The van der Waals surface area contributed by atoms with Gasteiger partial charge in [0, 0.05) is 23.2 Å². The molecule has 0 aliphatic carbocycles. The molecule has 0 bridgehead atoms. The van der Waals surface area contributed by atoms with Crippen LogP contribution in [0.4, 0.5) is 5.69 Å². The molecule has 1 atom stereocenters. The number of halogens is 1. The number of hydrogen-bond donors (Lipinski definition) is 2. The van der Waals surface area contributed by atoms with Crippen LogP contribution in [-0.2, 0) is 4.79 Å². The second kappa shape index (κ2) is 4.90.